The van der Waals surface area contributed by atoms with Gasteiger partial charge in [0.25, 0.3) is 8.32 Å². The van der Waals surface area contributed by atoms with Crippen LogP contribution in [0, 0.1) is 0 Å². The van der Waals surface area contributed by atoms with E-state index in [9.17, 15) is 4.79 Å². The number of rotatable bonds is 4. The molecule has 0 unspecified atom stereocenters. The highest BCUT2D eigenvalue weighted by atomic mass is 28.4. The summed E-state index contributed by atoms with van der Waals surface area (Å²) in [6, 6.07) is 3.59. The van der Waals surface area contributed by atoms with Gasteiger partial charge in [0, 0.05) is 12.1 Å². The van der Waals surface area contributed by atoms with Gasteiger partial charge in [0.2, 0.25) is 5.89 Å². The van der Waals surface area contributed by atoms with Gasteiger partial charge >= 0.3 is 5.97 Å². The molecule has 1 aromatic heterocycles. The number of oxazole rings is 1. The molecule has 0 spiro atoms. The van der Waals surface area contributed by atoms with Crippen LogP contribution in [0.5, 0.6) is 5.75 Å². The molecular weight excluding hydrogens is 372 g/mol. The Morgan fingerprint density at radius 2 is 1.86 bits per heavy atom. The second-order valence-corrected chi connectivity index (χ2v) is 14.1. The zero-order valence-corrected chi connectivity index (χ0v) is 18.8. The Morgan fingerprint density at radius 3 is 2.43 bits per heavy atom. The van der Waals surface area contributed by atoms with Gasteiger partial charge in [-0.2, -0.15) is 0 Å². The fraction of sp³-hybridized carbons (Fsp3) is 0.619. The van der Waals surface area contributed by atoms with Gasteiger partial charge in [-0.1, -0.05) is 40.0 Å². The molecule has 0 saturated heterocycles. The van der Waals surface area contributed by atoms with Crippen molar-refractivity contribution in [2.45, 2.75) is 76.4 Å². The lowest BCUT2D eigenvalue weighted by Gasteiger charge is -2.36. The van der Waals surface area contributed by atoms with Gasteiger partial charge in [-0.05, 0) is 31.0 Å². The monoisotopic (exact) mass is 404 g/mol. The fourth-order valence-electron chi connectivity index (χ4n) is 3.55. The van der Waals surface area contributed by atoms with Crippen LogP contribution in [-0.2, 0) is 14.9 Å². The zero-order chi connectivity index (χ0) is 20.7. The number of benzene rings is 1. The number of esters is 1. The summed E-state index contributed by atoms with van der Waals surface area (Å²) in [4.78, 5) is 17.3. The Kier molecular flexibility index (Phi) is 5.25. The fourth-order valence-corrected chi connectivity index (χ4v) is 4.58. The Labute approximate surface area is 167 Å². The van der Waals surface area contributed by atoms with Crippen LogP contribution in [-0.4, -0.2) is 26.4 Å². The van der Waals surface area contributed by atoms with Crippen molar-refractivity contribution < 1.29 is 18.4 Å². The molecule has 3 rings (SSSR count). The minimum absolute atomic E-state index is 0.0560. The van der Waals surface area contributed by atoms with Crippen molar-refractivity contribution in [1.82, 2.24) is 4.98 Å². The minimum Gasteiger partial charge on any atom is -0.542 e. The average Bonchev–Trinajstić information content (AvgIpc) is 3.03. The molecule has 1 heterocycles. The first kappa shape index (κ1) is 20.7. The molecule has 1 aliphatic rings. The quantitative estimate of drug-likeness (QED) is 0.430. The van der Waals surface area contributed by atoms with E-state index in [2.05, 4.69) is 38.8 Å². The molecule has 0 radical (unpaired) electrons. The van der Waals surface area contributed by atoms with Gasteiger partial charge in [-0.25, -0.2) is 4.98 Å². The Bertz CT molecular complexity index is 876. The number of carbonyl (C=O) groups excluding carboxylic acids is 1. The number of ether oxygens (including phenoxy) is 1. The second-order valence-electron chi connectivity index (χ2n) is 9.37. The molecule has 7 heteroatoms. The largest absolute Gasteiger partial charge is 0.542 e. The van der Waals surface area contributed by atoms with E-state index >= 15 is 0 Å². The molecule has 0 atom stereocenters. The molecule has 1 fully saturated rings. The number of nitrogens with zero attached hydrogens (tertiary/aromatic N) is 1. The molecule has 6 nitrogen and oxygen atoms in total. The predicted octanol–water partition coefficient (Wildman–Crippen LogP) is 5.17. The van der Waals surface area contributed by atoms with E-state index in [1.807, 2.05) is 6.07 Å². The third kappa shape index (κ3) is 3.52. The molecule has 1 aliphatic carbocycles. The molecule has 28 heavy (non-hydrogen) atoms. The number of methoxy groups -OCH3 is 1. The number of nitrogens with two attached hydrogens (primary N) is 1. The maximum atomic E-state index is 12.6. The highest BCUT2D eigenvalue weighted by molar-refractivity contribution is 6.74. The Balaban J connectivity index is 2.03. The third-order valence-electron chi connectivity index (χ3n) is 6.38. The molecular formula is C21H32N2O4Si. The van der Waals surface area contributed by atoms with Gasteiger partial charge in [0.05, 0.1) is 12.8 Å². The van der Waals surface area contributed by atoms with E-state index in [0.717, 1.165) is 19.3 Å². The summed E-state index contributed by atoms with van der Waals surface area (Å²) in [6.45, 7) is 10.9. The molecule has 1 aromatic carbocycles. The topological polar surface area (TPSA) is 87.6 Å². The summed E-state index contributed by atoms with van der Waals surface area (Å²) in [5.41, 5.74) is 7.21. The number of hydrogen-bond acceptors (Lipinski definition) is 6. The molecule has 2 N–H and O–H groups in total. The van der Waals surface area contributed by atoms with E-state index in [1.165, 1.54) is 7.11 Å². The van der Waals surface area contributed by atoms with E-state index < -0.39 is 13.7 Å². The predicted molar refractivity (Wildman–Crippen MR) is 113 cm³/mol. The standard InChI is InChI=1S/C21H32N2O4Si/c1-20(2,3)28(5,6)27-16-13-15-17(12-14(16)22)26-18(23-15)21(19(24)25-4)10-8-7-9-11-21/h12-13H,7-11,22H2,1-6H3. The smallest absolute Gasteiger partial charge is 0.321 e. The van der Waals surface area contributed by atoms with Crippen molar-refractivity contribution >= 4 is 31.1 Å². The number of anilines is 1. The first-order valence-electron chi connectivity index (χ1n) is 9.98. The summed E-state index contributed by atoms with van der Waals surface area (Å²) in [5, 5.41) is 0.0560. The van der Waals surface area contributed by atoms with Crippen LogP contribution in [0.2, 0.25) is 18.1 Å². The molecule has 154 valence electrons. The molecule has 0 amide bonds. The van der Waals surface area contributed by atoms with E-state index in [4.69, 9.17) is 19.3 Å². The van der Waals surface area contributed by atoms with Gasteiger partial charge in [0.15, 0.2) is 5.58 Å². The molecule has 2 aromatic rings. The van der Waals surface area contributed by atoms with Crippen molar-refractivity contribution in [3.8, 4) is 5.75 Å². The maximum absolute atomic E-state index is 12.6. The Hall–Kier alpha value is -2.02. The summed E-state index contributed by atoms with van der Waals surface area (Å²) in [7, 11) is -0.620. The maximum Gasteiger partial charge on any atom is 0.321 e. The third-order valence-corrected chi connectivity index (χ3v) is 10.7. The van der Waals surface area contributed by atoms with Crippen molar-refractivity contribution in [3.63, 3.8) is 0 Å². The van der Waals surface area contributed by atoms with Gasteiger partial charge < -0.3 is 19.3 Å². The van der Waals surface area contributed by atoms with Crippen molar-refractivity contribution in [1.29, 1.82) is 0 Å². The number of fused-ring (bicyclic) bond motifs is 1. The molecule has 0 bridgehead atoms. The van der Waals surface area contributed by atoms with Crippen LogP contribution >= 0.6 is 0 Å². The van der Waals surface area contributed by atoms with Crippen LogP contribution in [0.3, 0.4) is 0 Å². The first-order valence-corrected chi connectivity index (χ1v) is 12.9. The van der Waals surface area contributed by atoms with Crippen LogP contribution in [0.4, 0.5) is 5.69 Å². The molecule has 0 aliphatic heterocycles. The number of nitrogen functional groups attached to an aromatic ring is 1. The number of carbonyl (C=O) groups is 1. The van der Waals surface area contributed by atoms with Crippen LogP contribution < -0.4 is 10.2 Å². The number of hydrogen-bond donors (Lipinski definition) is 1. The highest BCUT2D eigenvalue weighted by Gasteiger charge is 2.47. The molecule has 1 saturated carbocycles. The Morgan fingerprint density at radius 1 is 1.21 bits per heavy atom. The van der Waals surface area contributed by atoms with Crippen molar-refractivity contribution in [3.05, 3.63) is 18.0 Å². The van der Waals surface area contributed by atoms with Crippen molar-refractivity contribution in [2.75, 3.05) is 12.8 Å². The van der Waals surface area contributed by atoms with Crippen LogP contribution in [0.15, 0.2) is 16.5 Å². The lowest BCUT2D eigenvalue weighted by molar-refractivity contribution is -0.150. The first-order chi connectivity index (χ1) is 13.0. The normalized spacial score (nSPS) is 17.5. The van der Waals surface area contributed by atoms with Gasteiger partial charge in [0.1, 0.15) is 16.7 Å². The lowest BCUT2D eigenvalue weighted by Crippen LogP contribution is -2.44. The van der Waals surface area contributed by atoms with Crippen molar-refractivity contribution in [2.24, 2.45) is 0 Å². The van der Waals surface area contributed by atoms with Crippen LogP contribution in [0.1, 0.15) is 58.8 Å². The summed E-state index contributed by atoms with van der Waals surface area (Å²) < 4.78 is 17.5. The summed E-state index contributed by atoms with van der Waals surface area (Å²) >= 11 is 0. The number of aromatic nitrogens is 1. The summed E-state index contributed by atoms with van der Waals surface area (Å²) in [6.07, 6.45) is 4.40. The minimum atomic E-state index is -2.04. The van der Waals surface area contributed by atoms with E-state index in [-0.39, 0.29) is 11.0 Å². The van der Waals surface area contributed by atoms with Gasteiger partial charge in [-0.15, -0.1) is 0 Å². The van der Waals surface area contributed by atoms with Gasteiger partial charge in [-0.3, -0.25) is 4.79 Å². The van der Waals surface area contributed by atoms with E-state index in [1.54, 1.807) is 6.07 Å². The summed E-state index contributed by atoms with van der Waals surface area (Å²) in [5.74, 6) is 0.789. The van der Waals surface area contributed by atoms with E-state index in [0.29, 0.717) is 41.3 Å². The lowest BCUT2D eigenvalue weighted by atomic mass is 9.74. The second kappa shape index (κ2) is 7.10. The highest BCUT2D eigenvalue weighted by Crippen LogP contribution is 2.43. The average molecular weight is 405 g/mol. The van der Waals surface area contributed by atoms with Crippen LogP contribution in [0.25, 0.3) is 11.1 Å². The zero-order valence-electron chi connectivity index (χ0n) is 17.8. The SMILES string of the molecule is COC(=O)C1(c2nc3cc(O[Si](C)(C)C(C)(C)C)c(N)cc3o2)CCCCC1.